The molecule has 4 nitrogen and oxygen atoms in total. The molecule has 4 heteroatoms. The van der Waals surface area contributed by atoms with Gasteiger partial charge in [-0.3, -0.25) is 4.79 Å². The molecule has 0 fully saturated rings. The summed E-state index contributed by atoms with van der Waals surface area (Å²) in [5, 5.41) is 8.42. The van der Waals surface area contributed by atoms with E-state index in [2.05, 4.69) is 20.8 Å². The third-order valence-corrected chi connectivity index (χ3v) is 2.30. The van der Waals surface area contributed by atoms with E-state index >= 15 is 0 Å². The third kappa shape index (κ3) is 7.24. The third-order valence-electron chi connectivity index (χ3n) is 2.30. The number of hydrogen-bond acceptors (Lipinski definition) is 3. The maximum atomic E-state index is 11.7. The van der Waals surface area contributed by atoms with Crippen LogP contribution in [-0.2, 0) is 4.79 Å². The molecular formula is C12H23N3O. The van der Waals surface area contributed by atoms with Crippen LogP contribution in [0, 0.1) is 16.7 Å². The number of hydrogen-bond donors (Lipinski definition) is 1. The van der Waals surface area contributed by atoms with Gasteiger partial charge in [-0.15, -0.1) is 0 Å². The Balaban J connectivity index is 4.00. The van der Waals surface area contributed by atoms with Crippen molar-refractivity contribution in [2.75, 3.05) is 13.6 Å². The topological polar surface area (TPSA) is 70.1 Å². The molecule has 1 atom stereocenters. The Morgan fingerprint density at radius 2 is 2.06 bits per heavy atom. The van der Waals surface area contributed by atoms with Gasteiger partial charge in [0.1, 0.15) is 0 Å². The molecule has 0 aliphatic heterocycles. The minimum absolute atomic E-state index is 0.0204. The molecule has 0 aliphatic rings. The SMILES string of the molecule is CN(CCC#N)C(=O)CC(N)CC(C)(C)C. The number of carbonyl (C=O) groups excluding carboxylic acids is 1. The summed E-state index contributed by atoms with van der Waals surface area (Å²) in [5.41, 5.74) is 6.06. The predicted molar refractivity (Wildman–Crippen MR) is 64.5 cm³/mol. The van der Waals surface area contributed by atoms with Crippen molar-refractivity contribution >= 4 is 5.91 Å². The Morgan fingerprint density at radius 1 is 1.50 bits per heavy atom. The maximum Gasteiger partial charge on any atom is 0.223 e. The summed E-state index contributed by atoms with van der Waals surface area (Å²) < 4.78 is 0. The van der Waals surface area contributed by atoms with E-state index in [-0.39, 0.29) is 17.4 Å². The molecule has 0 heterocycles. The van der Waals surface area contributed by atoms with E-state index in [1.54, 1.807) is 11.9 Å². The summed E-state index contributed by atoms with van der Waals surface area (Å²) in [7, 11) is 1.71. The number of rotatable bonds is 5. The average molecular weight is 225 g/mol. The molecule has 0 aromatic carbocycles. The minimum atomic E-state index is -0.1000. The van der Waals surface area contributed by atoms with Crippen LogP contribution < -0.4 is 5.73 Å². The zero-order valence-electron chi connectivity index (χ0n) is 10.8. The summed E-state index contributed by atoms with van der Waals surface area (Å²) >= 11 is 0. The van der Waals surface area contributed by atoms with Gasteiger partial charge in [0.2, 0.25) is 5.91 Å². The van der Waals surface area contributed by atoms with E-state index in [1.165, 1.54) is 0 Å². The summed E-state index contributed by atoms with van der Waals surface area (Å²) in [6.07, 6.45) is 1.56. The summed E-state index contributed by atoms with van der Waals surface area (Å²) in [5.74, 6) is 0.0204. The first kappa shape index (κ1) is 14.9. The average Bonchev–Trinajstić information content (AvgIpc) is 2.10. The number of nitriles is 1. The second-order valence-electron chi connectivity index (χ2n) is 5.45. The van der Waals surface area contributed by atoms with Crippen LogP contribution >= 0.6 is 0 Å². The molecule has 1 amide bonds. The number of nitrogens with two attached hydrogens (primary N) is 1. The van der Waals surface area contributed by atoms with Gasteiger partial charge in [0.15, 0.2) is 0 Å². The van der Waals surface area contributed by atoms with Crippen LogP contribution in [0.2, 0.25) is 0 Å². The van der Waals surface area contributed by atoms with Crippen LogP contribution in [0.4, 0.5) is 0 Å². The molecule has 0 spiro atoms. The van der Waals surface area contributed by atoms with Crippen molar-refractivity contribution in [1.82, 2.24) is 4.90 Å². The standard InChI is InChI=1S/C12H23N3O/c1-12(2,3)9-10(14)8-11(16)15(4)7-5-6-13/h10H,5,7-9,14H2,1-4H3. The van der Waals surface area contributed by atoms with E-state index in [1.807, 2.05) is 6.07 Å². The Hall–Kier alpha value is -1.08. The Morgan fingerprint density at radius 3 is 2.50 bits per heavy atom. The largest absolute Gasteiger partial charge is 0.345 e. The fraction of sp³-hybridized carbons (Fsp3) is 0.833. The van der Waals surface area contributed by atoms with Crippen molar-refractivity contribution in [3.63, 3.8) is 0 Å². The predicted octanol–water partition coefficient (Wildman–Crippen LogP) is 1.51. The van der Waals surface area contributed by atoms with E-state index in [9.17, 15) is 4.79 Å². The number of carbonyl (C=O) groups is 1. The van der Waals surface area contributed by atoms with Gasteiger partial charge in [0.25, 0.3) is 0 Å². The summed E-state index contributed by atoms with van der Waals surface area (Å²) in [4.78, 5) is 13.3. The Labute approximate surface area is 98.4 Å². The molecule has 2 N–H and O–H groups in total. The van der Waals surface area contributed by atoms with Crippen molar-refractivity contribution in [2.45, 2.75) is 46.1 Å². The first-order chi connectivity index (χ1) is 7.26. The number of amides is 1. The van der Waals surface area contributed by atoms with E-state index < -0.39 is 0 Å². The van der Waals surface area contributed by atoms with Crippen LogP contribution in [0.1, 0.15) is 40.0 Å². The lowest BCUT2D eigenvalue weighted by Gasteiger charge is -2.24. The second-order valence-corrected chi connectivity index (χ2v) is 5.45. The molecule has 0 radical (unpaired) electrons. The highest BCUT2D eigenvalue weighted by atomic mass is 16.2. The van der Waals surface area contributed by atoms with E-state index in [0.29, 0.717) is 19.4 Å². The smallest absolute Gasteiger partial charge is 0.223 e. The maximum absolute atomic E-state index is 11.7. The van der Waals surface area contributed by atoms with Crippen molar-refractivity contribution in [1.29, 1.82) is 5.26 Å². The second kappa shape index (κ2) is 6.49. The highest BCUT2D eigenvalue weighted by Gasteiger charge is 2.19. The van der Waals surface area contributed by atoms with Gasteiger partial charge in [-0.25, -0.2) is 0 Å². The molecule has 0 aromatic rings. The van der Waals surface area contributed by atoms with Crippen LogP contribution in [0.15, 0.2) is 0 Å². The molecule has 0 saturated heterocycles. The van der Waals surface area contributed by atoms with Gasteiger partial charge in [-0.1, -0.05) is 20.8 Å². The quantitative estimate of drug-likeness (QED) is 0.771. The first-order valence-electron chi connectivity index (χ1n) is 5.63. The van der Waals surface area contributed by atoms with Gasteiger partial charge < -0.3 is 10.6 Å². The lowest BCUT2D eigenvalue weighted by molar-refractivity contribution is -0.130. The van der Waals surface area contributed by atoms with Crippen molar-refractivity contribution < 1.29 is 4.79 Å². The minimum Gasteiger partial charge on any atom is -0.345 e. The van der Waals surface area contributed by atoms with Crippen molar-refractivity contribution in [3.05, 3.63) is 0 Å². The van der Waals surface area contributed by atoms with Crippen molar-refractivity contribution in [2.24, 2.45) is 11.1 Å². The van der Waals surface area contributed by atoms with Crippen LogP contribution in [0.3, 0.4) is 0 Å². The molecule has 0 rings (SSSR count). The van der Waals surface area contributed by atoms with Gasteiger partial charge in [-0.2, -0.15) is 5.26 Å². The monoisotopic (exact) mass is 225 g/mol. The van der Waals surface area contributed by atoms with Gasteiger partial charge >= 0.3 is 0 Å². The Bertz CT molecular complexity index is 262. The Kier molecular flexibility index (Phi) is 6.05. The fourth-order valence-electron chi connectivity index (χ4n) is 1.58. The molecule has 0 aromatic heterocycles. The fourth-order valence-corrected chi connectivity index (χ4v) is 1.58. The van der Waals surface area contributed by atoms with Crippen LogP contribution in [0.5, 0.6) is 0 Å². The highest BCUT2D eigenvalue weighted by molar-refractivity contribution is 5.76. The number of nitrogens with zero attached hydrogens (tertiary/aromatic N) is 2. The molecule has 0 aliphatic carbocycles. The van der Waals surface area contributed by atoms with Gasteiger partial charge in [0.05, 0.1) is 12.5 Å². The molecule has 0 bridgehead atoms. The molecular weight excluding hydrogens is 202 g/mol. The van der Waals surface area contributed by atoms with Crippen molar-refractivity contribution in [3.8, 4) is 6.07 Å². The zero-order valence-corrected chi connectivity index (χ0v) is 10.8. The van der Waals surface area contributed by atoms with Gasteiger partial charge in [0, 0.05) is 26.1 Å². The van der Waals surface area contributed by atoms with Gasteiger partial charge in [-0.05, 0) is 11.8 Å². The van der Waals surface area contributed by atoms with E-state index in [0.717, 1.165) is 6.42 Å². The molecule has 1 unspecified atom stereocenters. The van der Waals surface area contributed by atoms with Crippen LogP contribution in [0.25, 0.3) is 0 Å². The lowest BCUT2D eigenvalue weighted by Crippen LogP contribution is -2.35. The molecule has 16 heavy (non-hydrogen) atoms. The van der Waals surface area contributed by atoms with E-state index in [4.69, 9.17) is 11.0 Å². The normalized spacial score (nSPS) is 13.0. The molecule has 92 valence electrons. The lowest BCUT2D eigenvalue weighted by atomic mass is 9.87. The molecule has 0 saturated carbocycles. The summed E-state index contributed by atoms with van der Waals surface area (Å²) in [6.45, 7) is 6.81. The highest BCUT2D eigenvalue weighted by Crippen LogP contribution is 2.21. The zero-order chi connectivity index (χ0) is 12.8. The summed E-state index contributed by atoms with van der Waals surface area (Å²) in [6, 6.07) is 1.92. The van der Waals surface area contributed by atoms with Crippen LogP contribution in [-0.4, -0.2) is 30.4 Å². The first-order valence-corrected chi connectivity index (χ1v) is 5.63.